The lowest BCUT2D eigenvalue weighted by Gasteiger charge is -2.12. The van der Waals surface area contributed by atoms with Crippen molar-refractivity contribution in [3.63, 3.8) is 0 Å². The molecule has 2 aromatic heterocycles. The summed E-state index contributed by atoms with van der Waals surface area (Å²) in [7, 11) is 0. The van der Waals surface area contributed by atoms with E-state index in [-0.39, 0.29) is 28.7 Å². The first-order valence-electron chi connectivity index (χ1n) is 11.6. The normalized spacial score (nSPS) is 19.0. The highest BCUT2D eigenvalue weighted by molar-refractivity contribution is 6.36. The molecule has 0 bridgehead atoms. The molecular formula is C28H25ClFN3O2. The van der Waals surface area contributed by atoms with Crippen LogP contribution in [0.15, 0.2) is 67.1 Å². The first kappa shape index (κ1) is 23.4. The van der Waals surface area contributed by atoms with Crippen molar-refractivity contribution >= 4 is 34.1 Å². The summed E-state index contributed by atoms with van der Waals surface area (Å²) in [5, 5.41) is 4.08. The van der Waals surface area contributed by atoms with E-state index >= 15 is 4.39 Å². The number of nitrogens with zero attached hydrogens (tertiary/aromatic N) is 2. The zero-order valence-corrected chi connectivity index (χ0v) is 20.2. The van der Waals surface area contributed by atoms with E-state index in [4.69, 9.17) is 16.3 Å². The molecule has 1 aliphatic carbocycles. The number of carbonyl (C=O) groups is 1. The van der Waals surface area contributed by atoms with Gasteiger partial charge in [0.05, 0.1) is 18.2 Å². The minimum absolute atomic E-state index is 0.00225. The van der Waals surface area contributed by atoms with Crippen LogP contribution >= 0.6 is 11.6 Å². The van der Waals surface area contributed by atoms with Crippen LogP contribution in [0.4, 0.5) is 10.2 Å². The van der Waals surface area contributed by atoms with E-state index in [1.54, 1.807) is 24.5 Å². The van der Waals surface area contributed by atoms with Crippen molar-refractivity contribution in [3.05, 3.63) is 89.1 Å². The number of nitrogens with one attached hydrogen (secondary N) is 1. The van der Waals surface area contributed by atoms with Crippen molar-refractivity contribution < 1.29 is 13.9 Å². The number of amides is 1. The molecule has 1 N–H and O–H groups in total. The molecule has 1 fully saturated rings. The van der Waals surface area contributed by atoms with E-state index in [1.807, 2.05) is 43.3 Å². The van der Waals surface area contributed by atoms with E-state index in [9.17, 15) is 4.79 Å². The minimum atomic E-state index is -0.515. The second kappa shape index (κ2) is 9.72. The van der Waals surface area contributed by atoms with Crippen molar-refractivity contribution in [1.82, 2.24) is 9.97 Å². The summed E-state index contributed by atoms with van der Waals surface area (Å²) in [5.74, 6) is 0.0711. The number of hydrogen-bond acceptors (Lipinski definition) is 4. The van der Waals surface area contributed by atoms with E-state index < -0.39 is 5.82 Å². The van der Waals surface area contributed by atoms with Crippen molar-refractivity contribution in [2.24, 2.45) is 17.8 Å². The highest BCUT2D eigenvalue weighted by atomic mass is 35.5. The second-order valence-corrected chi connectivity index (χ2v) is 9.45. The van der Waals surface area contributed by atoms with Crippen molar-refractivity contribution in [2.75, 3.05) is 11.9 Å². The first-order valence-corrected chi connectivity index (χ1v) is 11.9. The predicted octanol–water partition coefficient (Wildman–Crippen LogP) is 6.44. The Morgan fingerprint density at radius 3 is 2.71 bits per heavy atom. The lowest BCUT2D eigenvalue weighted by molar-refractivity contribution is -0.118. The molecule has 2 aromatic carbocycles. The molecule has 1 saturated carbocycles. The highest BCUT2D eigenvalue weighted by Gasteiger charge is 2.51. The highest BCUT2D eigenvalue weighted by Crippen LogP contribution is 2.47. The van der Waals surface area contributed by atoms with Crippen molar-refractivity contribution in [3.8, 4) is 11.1 Å². The van der Waals surface area contributed by atoms with Crippen LogP contribution in [0.3, 0.4) is 0 Å². The molecule has 7 heteroatoms. The Morgan fingerprint density at radius 1 is 1.14 bits per heavy atom. The summed E-state index contributed by atoms with van der Waals surface area (Å²) in [6.07, 6.45) is 4.77. The molecule has 1 amide bonds. The molecule has 35 heavy (non-hydrogen) atoms. The lowest BCUT2D eigenvalue weighted by atomic mass is 9.99. The van der Waals surface area contributed by atoms with Gasteiger partial charge in [0.15, 0.2) is 0 Å². The Morgan fingerprint density at radius 2 is 1.94 bits per heavy atom. The Balaban J connectivity index is 1.30. The maximum absolute atomic E-state index is 15.0. The number of ether oxygens (including phenoxy) is 1. The number of fused-ring (bicyclic) bond motifs is 1. The van der Waals surface area contributed by atoms with Gasteiger partial charge in [0.25, 0.3) is 0 Å². The summed E-state index contributed by atoms with van der Waals surface area (Å²) in [4.78, 5) is 21.3. The van der Waals surface area contributed by atoms with Gasteiger partial charge in [0, 0.05) is 41.0 Å². The Kier molecular flexibility index (Phi) is 6.50. The van der Waals surface area contributed by atoms with Gasteiger partial charge in [0.2, 0.25) is 5.91 Å². The van der Waals surface area contributed by atoms with Crippen LogP contribution in [0.25, 0.3) is 21.9 Å². The number of hydrogen-bond donors (Lipinski definition) is 1. The van der Waals surface area contributed by atoms with E-state index in [1.165, 1.54) is 6.20 Å². The molecule has 0 saturated heterocycles. The number of aryl methyl sites for hydroxylation is 1. The van der Waals surface area contributed by atoms with E-state index in [0.29, 0.717) is 40.9 Å². The molecule has 5 nitrogen and oxygen atoms in total. The largest absolute Gasteiger partial charge is 0.376 e. The lowest BCUT2D eigenvalue weighted by Crippen LogP contribution is -2.17. The quantitative estimate of drug-likeness (QED) is 0.324. The third kappa shape index (κ3) is 4.77. The molecule has 0 aliphatic heterocycles. The number of pyridine rings is 2. The molecule has 0 radical (unpaired) electrons. The maximum Gasteiger partial charge on any atom is 0.229 e. The Bertz CT molecular complexity index is 1400. The molecule has 1 aliphatic rings. The average Bonchev–Trinajstić information content (AvgIpc) is 3.51. The van der Waals surface area contributed by atoms with Gasteiger partial charge in [-0.3, -0.25) is 9.78 Å². The molecule has 0 spiro atoms. The van der Waals surface area contributed by atoms with Gasteiger partial charge in [-0.25, -0.2) is 9.37 Å². The van der Waals surface area contributed by atoms with Gasteiger partial charge < -0.3 is 10.1 Å². The SMILES string of the molecule is Cc1ccncc1-c1cc2cc(NC(=O)[C@H]3C(C)[C@@H]3COCc3ccccc3)ncc2c(Cl)c1F. The molecular weight excluding hydrogens is 465 g/mol. The Labute approximate surface area is 208 Å². The second-order valence-electron chi connectivity index (χ2n) is 9.07. The first-order chi connectivity index (χ1) is 16.9. The summed E-state index contributed by atoms with van der Waals surface area (Å²) < 4.78 is 20.9. The summed E-state index contributed by atoms with van der Waals surface area (Å²) in [6.45, 7) is 5.01. The zero-order chi connectivity index (χ0) is 24.5. The summed E-state index contributed by atoms with van der Waals surface area (Å²) in [6, 6.07) is 15.2. The fourth-order valence-corrected chi connectivity index (χ4v) is 4.83. The van der Waals surface area contributed by atoms with E-state index in [0.717, 1.165) is 11.1 Å². The molecule has 4 aromatic rings. The monoisotopic (exact) mass is 489 g/mol. The molecule has 5 rings (SSSR count). The van der Waals surface area contributed by atoms with Gasteiger partial charge in [-0.05, 0) is 53.5 Å². The van der Waals surface area contributed by atoms with Crippen LogP contribution in [-0.2, 0) is 16.1 Å². The summed E-state index contributed by atoms with van der Waals surface area (Å²) in [5.41, 5.74) is 3.03. The molecule has 1 unspecified atom stereocenters. The van der Waals surface area contributed by atoms with Crippen LogP contribution in [0.5, 0.6) is 0 Å². The number of carbonyl (C=O) groups excluding carboxylic acids is 1. The summed E-state index contributed by atoms with van der Waals surface area (Å²) >= 11 is 6.35. The Hall–Kier alpha value is -3.35. The molecule has 178 valence electrons. The number of rotatable bonds is 7. The van der Waals surface area contributed by atoms with Crippen LogP contribution in [0, 0.1) is 30.5 Å². The van der Waals surface area contributed by atoms with Crippen LogP contribution in [0.2, 0.25) is 5.02 Å². The van der Waals surface area contributed by atoms with Crippen LogP contribution in [0.1, 0.15) is 18.1 Å². The standard InChI is InChI=1S/C28H25ClFN3O2/c1-16-8-9-31-12-21(16)20-10-19-11-24(32-13-22(19)26(29)27(20)30)33-28(34)25-17(2)23(25)15-35-14-18-6-4-3-5-7-18/h3-13,17,23,25H,14-15H2,1-2H3,(H,32,33,34)/t17?,23-,25-/m0/s1. The smallest absolute Gasteiger partial charge is 0.229 e. The fourth-order valence-electron chi connectivity index (χ4n) is 4.57. The van der Waals surface area contributed by atoms with Crippen LogP contribution in [-0.4, -0.2) is 22.5 Å². The topological polar surface area (TPSA) is 64.1 Å². The van der Waals surface area contributed by atoms with Gasteiger partial charge in [0.1, 0.15) is 11.6 Å². The third-order valence-electron chi connectivity index (χ3n) is 6.77. The van der Waals surface area contributed by atoms with Crippen molar-refractivity contribution in [1.29, 1.82) is 0 Å². The van der Waals surface area contributed by atoms with Gasteiger partial charge in [-0.15, -0.1) is 0 Å². The number of anilines is 1. The molecule has 3 atom stereocenters. The fraction of sp³-hybridized carbons (Fsp3) is 0.250. The van der Waals surface area contributed by atoms with Gasteiger partial charge in [-0.1, -0.05) is 48.9 Å². The number of halogens is 2. The minimum Gasteiger partial charge on any atom is -0.376 e. The van der Waals surface area contributed by atoms with Gasteiger partial charge in [-0.2, -0.15) is 0 Å². The third-order valence-corrected chi connectivity index (χ3v) is 7.14. The van der Waals surface area contributed by atoms with Gasteiger partial charge >= 0.3 is 0 Å². The number of benzene rings is 2. The zero-order valence-electron chi connectivity index (χ0n) is 19.5. The van der Waals surface area contributed by atoms with Crippen LogP contribution < -0.4 is 5.32 Å². The average molecular weight is 490 g/mol. The molecule has 2 heterocycles. The maximum atomic E-state index is 15.0. The van der Waals surface area contributed by atoms with Crippen molar-refractivity contribution in [2.45, 2.75) is 20.5 Å². The number of aromatic nitrogens is 2. The van der Waals surface area contributed by atoms with E-state index in [2.05, 4.69) is 22.2 Å². The predicted molar refractivity (Wildman–Crippen MR) is 136 cm³/mol.